The minimum atomic E-state index is 0.675. The molecule has 1 aromatic carbocycles. The fourth-order valence-corrected chi connectivity index (χ4v) is 1.89. The van der Waals surface area contributed by atoms with Crippen molar-refractivity contribution in [1.82, 2.24) is 20.0 Å². The van der Waals surface area contributed by atoms with E-state index in [0.717, 1.165) is 17.0 Å². The van der Waals surface area contributed by atoms with Gasteiger partial charge in [0.1, 0.15) is 22.7 Å². The van der Waals surface area contributed by atoms with Crippen molar-refractivity contribution >= 4 is 11.2 Å². The van der Waals surface area contributed by atoms with E-state index >= 15 is 0 Å². The van der Waals surface area contributed by atoms with Gasteiger partial charge in [0.25, 0.3) is 0 Å². The molecular weight excluding hydrogens is 244 g/mol. The monoisotopic (exact) mass is 256 g/mol. The van der Waals surface area contributed by atoms with Crippen molar-refractivity contribution in [2.75, 3.05) is 14.2 Å². The summed E-state index contributed by atoms with van der Waals surface area (Å²) in [4.78, 5) is 4.29. The maximum atomic E-state index is 5.35. The lowest BCUT2D eigenvalue weighted by Crippen LogP contribution is -2.01. The van der Waals surface area contributed by atoms with Crippen molar-refractivity contribution in [1.29, 1.82) is 0 Å². The molecule has 3 rings (SSSR count). The molecule has 0 aliphatic carbocycles. The number of nitrogens with zero attached hydrogens (tertiary/aromatic N) is 4. The number of methoxy groups -OCH3 is 2. The fourth-order valence-electron chi connectivity index (χ4n) is 1.89. The lowest BCUT2D eigenvalue weighted by molar-refractivity contribution is 0.400. The van der Waals surface area contributed by atoms with Gasteiger partial charge in [-0.3, -0.25) is 0 Å². The summed E-state index contributed by atoms with van der Waals surface area (Å²) in [7, 11) is 3.22. The van der Waals surface area contributed by atoms with Crippen molar-refractivity contribution < 1.29 is 9.47 Å². The quantitative estimate of drug-likeness (QED) is 0.715. The Kier molecular flexibility index (Phi) is 2.75. The Hall–Kier alpha value is -2.63. The van der Waals surface area contributed by atoms with Crippen LogP contribution in [0.4, 0.5) is 0 Å². The third kappa shape index (κ3) is 1.87. The topological polar surface area (TPSA) is 62.1 Å². The number of hydrogen-bond acceptors (Lipinski definition) is 5. The molecule has 0 unspecified atom stereocenters. The summed E-state index contributed by atoms with van der Waals surface area (Å²) >= 11 is 0. The van der Waals surface area contributed by atoms with Crippen LogP contribution in [0.5, 0.6) is 11.5 Å². The average molecular weight is 256 g/mol. The second kappa shape index (κ2) is 4.56. The molecule has 0 aliphatic rings. The number of ether oxygens (including phenoxy) is 2. The summed E-state index contributed by atoms with van der Waals surface area (Å²) < 4.78 is 12.2. The molecule has 19 heavy (non-hydrogen) atoms. The van der Waals surface area contributed by atoms with E-state index in [2.05, 4.69) is 15.3 Å². The summed E-state index contributed by atoms with van der Waals surface area (Å²) in [5.41, 5.74) is 2.14. The first-order valence-corrected chi connectivity index (χ1v) is 5.72. The Balaban J connectivity index is 2.25. The molecule has 2 aromatic heterocycles. The third-order valence-electron chi connectivity index (χ3n) is 2.82. The van der Waals surface area contributed by atoms with Crippen LogP contribution < -0.4 is 9.47 Å². The third-order valence-corrected chi connectivity index (χ3v) is 2.82. The van der Waals surface area contributed by atoms with E-state index in [0.29, 0.717) is 11.4 Å². The first-order valence-electron chi connectivity index (χ1n) is 5.72. The van der Waals surface area contributed by atoms with Crippen LogP contribution >= 0.6 is 0 Å². The molecule has 0 saturated carbocycles. The molecule has 0 spiro atoms. The Morgan fingerprint density at radius 3 is 2.79 bits per heavy atom. The predicted molar refractivity (Wildman–Crippen MR) is 69.8 cm³/mol. The van der Waals surface area contributed by atoms with E-state index in [1.807, 2.05) is 30.3 Å². The van der Waals surface area contributed by atoms with Crippen LogP contribution in [0.1, 0.15) is 0 Å². The van der Waals surface area contributed by atoms with Crippen LogP contribution in [0.3, 0.4) is 0 Å². The number of rotatable bonds is 3. The molecule has 0 fully saturated rings. The predicted octanol–water partition coefficient (Wildman–Crippen LogP) is 1.83. The largest absolute Gasteiger partial charge is 0.497 e. The molecule has 0 amide bonds. The van der Waals surface area contributed by atoms with E-state index in [9.17, 15) is 0 Å². The average Bonchev–Trinajstić information content (AvgIpc) is 2.90. The Morgan fingerprint density at radius 2 is 2.00 bits per heavy atom. The van der Waals surface area contributed by atoms with E-state index < -0.39 is 0 Å². The van der Waals surface area contributed by atoms with Gasteiger partial charge in [-0.15, -0.1) is 5.10 Å². The summed E-state index contributed by atoms with van der Waals surface area (Å²) in [6.07, 6.45) is 1.70. The standard InChI is InChI=1S/C13H12N4O2/c1-18-9-5-6-12(19-2)11(8-9)17-13-10(15-16-17)4-3-7-14-13/h3-8H,1-2H3. The highest BCUT2D eigenvalue weighted by molar-refractivity contribution is 5.72. The van der Waals surface area contributed by atoms with Crippen molar-refractivity contribution in [2.24, 2.45) is 0 Å². The SMILES string of the molecule is COc1ccc(OC)c(-n2nnc3cccnc32)c1. The van der Waals surface area contributed by atoms with E-state index in [1.165, 1.54) is 0 Å². The van der Waals surface area contributed by atoms with Gasteiger partial charge < -0.3 is 9.47 Å². The van der Waals surface area contributed by atoms with Crippen LogP contribution in [0.25, 0.3) is 16.9 Å². The van der Waals surface area contributed by atoms with Gasteiger partial charge in [0.05, 0.1) is 14.2 Å². The van der Waals surface area contributed by atoms with Gasteiger partial charge in [-0.05, 0) is 24.3 Å². The van der Waals surface area contributed by atoms with Gasteiger partial charge in [0.2, 0.25) is 0 Å². The van der Waals surface area contributed by atoms with Crippen molar-refractivity contribution in [2.45, 2.75) is 0 Å². The minimum absolute atomic E-state index is 0.675. The summed E-state index contributed by atoms with van der Waals surface area (Å²) in [5, 5.41) is 8.20. The molecule has 3 aromatic rings. The normalized spacial score (nSPS) is 10.6. The maximum absolute atomic E-state index is 5.35. The number of hydrogen-bond donors (Lipinski definition) is 0. The van der Waals surface area contributed by atoms with Crippen LogP contribution in [-0.4, -0.2) is 34.2 Å². The molecule has 6 heteroatoms. The lowest BCUT2D eigenvalue weighted by atomic mass is 10.2. The van der Waals surface area contributed by atoms with E-state index in [-0.39, 0.29) is 0 Å². The molecule has 6 nitrogen and oxygen atoms in total. The van der Waals surface area contributed by atoms with Crippen molar-refractivity contribution in [3.8, 4) is 17.2 Å². The number of fused-ring (bicyclic) bond motifs is 1. The second-order valence-corrected chi connectivity index (χ2v) is 3.89. The van der Waals surface area contributed by atoms with Crippen LogP contribution in [0, 0.1) is 0 Å². The summed E-state index contributed by atoms with van der Waals surface area (Å²) in [5.74, 6) is 1.40. The van der Waals surface area contributed by atoms with Crippen LogP contribution in [0.15, 0.2) is 36.5 Å². The molecule has 0 atom stereocenters. The Morgan fingerprint density at radius 1 is 1.11 bits per heavy atom. The summed E-state index contributed by atoms with van der Waals surface area (Å²) in [6, 6.07) is 9.17. The number of aromatic nitrogens is 4. The zero-order valence-corrected chi connectivity index (χ0v) is 10.6. The molecule has 0 saturated heterocycles. The van der Waals surface area contributed by atoms with Gasteiger partial charge in [-0.25, -0.2) is 4.98 Å². The number of benzene rings is 1. The highest BCUT2D eigenvalue weighted by atomic mass is 16.5. The molecule has 96 valence electrons. The molecular formula is C13H12N4O2. The molecule has 2 heterocycles. The molecule has 0 N–H and O–H groups in total. The molecule has 0 radical (unpaired) electrons. The summed E-state index contributed by atoms with van der Waals surface area (Å²) in [6.45, 7) is 0. The number of pyridine rings is 1. The van der Waals surface area contributed by atoms with Gasteiger partial charge >= 0.3 is 0 Å². The fraction of sp³-hybridized carbons (Fsp3) is 0.154. The van der Waals surface area contributed by atoms with Gasteiger partial charge in [-0.1, -0.05) is 5.21 Å². The Bertz CT molecular complexity index is 723. The zero-order chi connectivity index (χ0) is 13.2. The minimum Gasteiger partial charge on any atom is -0.497 e. The van der Waals surface area contributed by atoms with E-state index in [1.54, 1.807) is 25.1 Å². The highest BCUT2D eigenvalue weighted by Gasteiger charge is 2.12. The van der Waals surface area contributed by atoms with Gasteiger partial charge in [0, 0.05) is 12.3 Å². The van der Waals surface area contributed by atoms with Crippen LogP contribution in [-0.2, 0) is 0 Å². The van der Waals surface area contributed by atoms with Crippen LogP contribution in [0.2, 0.25) is 0 Å². The van der Waals surface area contributed by atoms with Gasteiger partial charge in [0.15, 0.2) is 5.65 Å². The highest BCUT2D eigenvalue weighted by Crippen LogP contribution is 2.28. The van der Waals surface area contributed by atoms with E-state index in [4.69, 9.17) is 9.47 Å². The molecule has 0 aliphatic heterocycles. The van der Waals surface area contributed by atoms with Crippen molar-refractivity contribution in [3.05, 3.63) is 36.5 Å². The second-order valence-electron chi connectivity index (χ2n) is 3.89. The Labute approximate surface area is 109 Å². The first-order chi connectivity index (χ1) is 9.33. The lowest BCUT2D eigenvalue weighted by Gasteiger charge is -2.09. The zero-order valence-electron chi connectivity index (χ0n) is 10.6. The maximum Gasteiger partial charge on any atom is 0.183 e. The smallest absolute Gasteiger partial charge is 0.183 e. The van der Waals surface area contributed by atoms with Gasteiger partial charge in [-0.2, -0.15) is 4.68 Å². The first kappa shape index (κ1) is 11.5. The molecule has 0 bridgehead atoms. The van der Waals surface area contributed by atoms with Crippen molar-refractivity contribution in [3.63, 3.8) is 0 Å².